The SMILES string of the molecule is COC(=O)C1OC(O)C(OC(C)=O)[C@H](OCc2ccccc2)[C@@H]1C. The second-order valence-corrected chi connectivity index (χ2v) is 5.66. The average molecular weight is 338 g/mol. The van der Waals surface area contributed by atoms with Gasteiger partial charge in [-0.15, -0.1) is 0 Å². The summed E-state index contributed by atoms with van der Waals surface area (Å²) in [5.74, 6) is -1.66. The lowest BCUT2D eigenvalue weighted by atomic mass is 9.90. The first kappa shape index (κ1) is 18.4. The van der Waals surface area contributed by atoms with E-state index in [4.69, 9.17) is 18.9 Å². The van der Waals surface area contributed by atoms with Crippen LogP contribution >= 0.6 is 0 Å². The molecule has 1 fully saturated rings. The van der Waals surface area contributed by atoms with Crippen LogP contribution in [0.4, 0.5) is 0 Å². The molecule has 0 bridgehead atoms. The van der Waals surface area contributed by atoms with Crippen molar-refractivity contribution in [1.82, 2.24) is 0 Å². The number of ether oxygens (including phenoxy) is 4. The van der Waals surface area contributed by atoms with Crippen molar-refractivity contribution in [3.8, 4) is 0 Å². The highest BCUT2D eigenvalue weighted by Gasteiger charge is 2.49. The standard InChI is InChI=1S/C17H22O7/c1-10-13(22-9-12-7-5-4-6-8-12)15(23-11(2)18)17(20)24-14(10)16(19)21-3/h4-8,10,13-15,17,20H,9H2,1-3H3/t10-,13+,14?,15?,17?/m0/s1. The summed E-state index contributed by atoms with van der Waals surface area (Å²) in [5, 5.41) is 10.1. The summed E-state index contributed by atoms with van der Waals surface area (Å²) in [4.78, 5) is 23.2. The van der Waals surface area contributed by atoms with E-state index in [-0.39, 0.29) is 6.61 Å². The second kappa shape index (κ2) is 8.23. The molecule has 1 aromatic carbocycles. The van der Waals surface area contributed by atoms with Crippen LogP contribution in [-0.2, 0) is 35.1 Å². The van der Waals surface area contributed by atoms with Crippen molar-refractivity contribution in [3.63, 3.8) is 0 Å². The highest BCUT2D eigenvalue weighted by Crippen LogP contribution is 2.30. The van der Waals surface area contributed by atoms with Gasteiger partial charge in [0.1, 0.15) is 6.10 Å². The summed E-state index contributed by atoms with van der Waals surface area (Å²) < 4.78 is 21.0. The third-order valence-electron chi connectivity index (χ3n) is 3.91. The highest BCUT2D eigenvalue weighted by molar-refractivity contribution is 5.75. The molecule has 3 unspecified atom stereocenters. The van der Waals surface area contributed by atoms with E-state index in [1.165, 1.54) is 14.0 Å². The summed E-state index contributed by atoms with van der Waals surface area (Å²) in [6.07, 6.45) is -4.23. The normalized spacial score (nSPS) is 29.8. The zero-order valence-corrected chi connectivity index (χ0v) is 13.9. The highest BCUT2D eigenvalue weighted by atomic mass is 16.7. The van der Waals surface area contributed by atoms with Gasteiger partial charge >= 0.3 is 11.9 Å². The number of aliphatic hydroxyl groups is 1. The topological polar surface area (TPSA) is 91.3 Å². The zero-order valence-electron chi connectivity index (χ0n) is 13.9. The minimum atomic E-state index is -1.48. The molecule has 0 aromatic heterocycles. The lowest BCUT2D eigenvalue weighted by Gasteiger charge is -2.41. The van der Waals surface area contributed by atoms with Crippen LogP contribution < -0.4 is 0 Å². The molecule has 24 heavy (non-hydrogen) atoms. The number of esters is 2. The number of benzene rings is 1. The third kappa shape index (κ3) is 4.31. The minimum Gasteiger partial charge on any atom is -0.467 e. The molecule has 1 aliphatic heterocycles. The van der Waals surface area contributed by atoms with Gasteiger partial charge in [0.2, 0.25) is 0 Å². The average Bonchev–Trinajstić information content (AvgIpc) is 2.57. The van der Waals surface area contributed by atoms with E-state index < -0.39 is 42.5 Å². The van der Waals surface area contributed by atoms with Crippen LogP contribution in [0.3, 0.4) is 0 Å². The van der Waals surface area contributed by atoms with E-state index in [9.17, 15) is 14.7 Å². The predicted octanol–water partition coefficient (Wildman–Crippen LogP) is 1.03. The van der Waals surface area contributed by atoms with Gasteiger partial charge in [0.15, 0.2) is 18.5 Å². The van der Waals surface area contributed by atoms with Crippen LogP contribution in [0.1, 0.15) is 19.4 Å². The summed E-state index contributed by atoms with van der Waals surface area (Å²) in [7, 11) is 1.24. The van der Waals surface area contributed by atoms with E-state index in [2.05, 4.69) is 0 Å². The van der Waals surface area contributed by atoms with Crippen molar-refractivity contribution in [2.45, 2.75) is 45.1 Å². The number of hydrogen-bond donors (Lipinski definition) is 1. The van der Waals surface area contributed by atoms with Crippen molar-refractivity contribution in [2.75, 3.05) is 7.11 Å². The molecule has 0 amide bonds. The maximum atomic E-state index is 11.8. The van der Waals surface area contributed by atoms with E-state index in [0.29, 0.717) is 0 Å². The number of hydrogen-bond acceptors (Lipinski definition) is 7. The molecule has 0 saturated carbocycles. The molecule has 7 nitrogen and oxygen atoms in total. The molecule has 0 aliphatic carbocycles. The zero-order chi connectivity index (χ0) is 17.7. The Labute approximate surface area is 140 Å². The Morgan fingerprint density at radius 1 is 1.21 bits per heavy atom. The predicted molar refractivity (Wildman–Crippen MR) is 82.6 cm³/mol. The third-order valence-corrected chi connectivity index (χ3v) is 3.91. The monoisotopic (exact) mass is 338 g/mol. The number of rotatable bonds is 5. The second-order valence-electron chi connectivity index (χ2n) is 5.66. The van der Waals surface area contributed by atoms with Gasteiger partial charge < -0.3 is 24.1 Å². The number of methoxy groups -OCH3 is 1. The van der Waals surface area contributed by atoms with Crippen molar-refractivity contribution in [1.29, 1.82) is 0 Å². The largest absolute Gasteiger partial charge is 0.467 e. The molecule has 2 rings (SSSR count). The fourth-order valence-electron chi connectivity index (χ4n) is 2.70. The minimum absolute atomic E-state index is 0.244. The summed E-state index contributed by atoms with van der Waals surface area (Å²) in [6, 6.07) is 9.42. The first-order valence-corrected chi connectivity index (χ1v) is 7.68. The Balaban J connectivity index is 2.17. The molecular formula is C17H22O7. The lowest BCUT2D eigenvalue weighted by Crippen LogP contribution is -2.58. The Morgan fingerprint density at radius 2 is 1.88 bits per heavy atom. The molecule has 7 heteroatoms. The first-order valence-electron chi connectivity index (χ1n) is 7.68. The number of carbonyl (C=O) groups excluding carboxylic acids is 2. The van der Waals surface area contributed by atoms with Crippen LogP contribution in [0.25, 0.3) is 0 Å². The molecule has 1 aromatic rings. The Hall–Kier alpha value is -1.96. The van der Waals surface area contributed by atoms with Gasteiger partial charge in [0, 0.05) is 12.8 Å². The van der Waals surface area contributed by atoms with Crippen molar-refractivity contribution in [2.24, 2.45) is 5.92 Å². The Kier molecular flexibility index (Phi) is 6.30. The fraction of sp³-hybridized carbons (Fsp3) is 0.529. The quantitative estimate of drug-likeness (QED) is 0.802. The van der Waals surface area contributed by atoms with Crippen LogP contribution in [0.5, 0.6) is 0 Å². The van der Waals surface area contributed by atoms with Crippen LogP contribution in [0.2, 0.25) is 0 Å². The van der Waals surface area contributed by atoms with Gasteiger partial charge in [-0.3, -0.25) is 4.79 Å². The van der Waals surface area contributed by atoms with Gasteiger partial charge in [-0.2, -0.15) is 0 Å². The summed E-state index contributed by atoms with van der Waals surface area (Å²) >= 11 is 0. The molecule has 0 radical (unpaired) electrons. The molecule has 0 spiro atoms. The van der Waals surface area contributed by atoms with Gasteiger partial charge in [0.25, 0.3) is 0 Å². The number of aliphatic hydroxyl groups excluding tert-OH is 1. The maximum Gasteiger partial charge on any atom is 0.335 e. The van der Waals surface area contributed by atoms with E-state index in [0.717, 1.165) is 5.56 Å². The van der Waals surface area contributed by atoms with E-state index in [1.54, 1.807) is 6.92 Å². The molecular weight excluding hydrogens is 316 g/mol. The van der Waals surface area contributed by atoms with Crippen molar-refractivity contribution in [3.05, 3.63) is 35.9 Å². The summed E-state index contributed by atoms with van der Waals surface area (Å²) in [6.45, 7) is 3.20. The smallest absolute Gasteiger partial charge is 0.335 e. The fourth-order valence-corrected chi connectivity index (χ4v) is 2.70. The molecule has 1 saturated heterocycles. The molecule has 132 valence electrons. The van der Waals surface area contributed by atoms with Gasteiger partial charge in [-0.25, -0.2) is 4.79 Å². The molecule has 1 aliphatic rings. The molecule has 1 N–H and O–H groups in total. The van der Waals surface area contributed by atoms with E-state index >= 15 is 0 Å². The van der Waals surface area contributed by atoms with Gasteiger partial charge in [-0.05, 0) is 5.56 Å². The van der Waals surface area contributed by atoms with Crippen LogP contribution in [0.15, 0.2) is 30.3 Å². The number of carbonyl (C=O) groups is 2. The van der Waals surface area contributed by atoms with Crippen LogP contribution in [0, 0.1) is 5.92 Å². The van der Waals surface area contributed by atoms with Gasteiger partial charge in [-0.1, -0.05) is 37.3 Å². The first-order chi connectivity index (χ1) is 11.4. The molecule has 1 heterocycles. The summed E-state index contributed by atoms with van der Waals surface area (Å²) in [5.41, 5.74) is 0.918. The Bertz CT molecular complexity index is 559. The maximum absolute atomic E-state index is 11.8. The van der Waals surface area contributed by atoms with E-state index in [1.807, 2.05) is 30.3 Å². The van der Waals surface area contributed by atoms with Crippen molar-refractivity contribution < 1.29 is 33.6 Å². The van der Waals surface area contributed by atoms with Crippen LogP contribution in [-0.4, -0.2) is 48.8 Å². The Morgan fingerprint density at radius 3 is 2.46 bits per heavy atom. The molecule has 5 atom stereocenters. The van der Waals surface area contributed by atoms with Gasteiger partial charge in [0.05, 0.1) is 13.7 Å². The lowest BCUT2D eigenvalue weighted by molar-refractivity contribution is -0.280. The van der Waals surface area contributed by atoms with Crippen molar-refractivity contribution >= 4 is 11.9 Å².